The highest BCUT2D eigenvalue weighted by molar-refractivity contribution is 6.41. The number of aryl methyl sites for hydroxylation is 2. The van der Waals surface area contributed by atoms with Gasteiger partial charge in [0.15, 0.2) is 0 Å². The van der Waals surface area contributed by atoms with E-state index in [4.69, 9.17) is 34.8 Å². The summed E-state index contributed by atoms with van der Waals surface area (Å²) in [5.41, 5.74) is 1.09. The molecule has 0 fully saturated rings. The molecule has 8 heteroatoms. The first-order valence-electron chi connectivity index (χ1n) is 6.14. The predicted molar refractivity (Wildman–Crippen MR) is 79.9 cm³/mol. The fraction of sp³-hybridized carbons (Fsp3) is 0.417. The van der Waals surface area contributed by atoms with Crippen LogP contribution < -0.4 is 5.56 Å². The number of halogens is 3. The summed E-state index contributed by atoms with van der Waals surface area (Å²) in [5, 5.41) is 9.02. The zero-order chi connectivity index (χ0) is 14.9. The Balaban J connectivity index is 2.47. The number of nitrogens with zero attached hydrogens (tertiary/aromatic N) is 4. The van der Waals surface area contributed by atoms with Crippen LogP contribution in [0.3, 0.4) is 0 Å². The highest BCUT2D eigenvalue weighted by Crippen LogP contribution is 2.22. The molecule has 2 aromatic heterocycles. The Kier molecular flexibility index (Phi) is 4.73. The van der Waals surface area contributed by atoms with Crippen molar-refractivity contribution in [2.45, 2.75) is 33.4 Å². The van der Waals surface area contributed by atoms with Crippen molar-refractivity contribution in [1.29, 1.82) is 0 Å². The maximum absolute atomic E-state index is 12.0. The Bertz CT molecular complexity index is 693. The Morgan fingerprint density at radius 1 is 1.15 bits per heavy atom. The molecule has 0 aromatic carbocycles. The second kappa shape index (κ2) is 6.16. The third-order valence-corrected chi connectivity index (χ3v) is 4.12. The van der Waals surface area contributed by atoms with Gasteiger partial charge in [-0.25, -0.2) is 4.68 Å². The third kappa shape index (κ3) is 2.71. The maximum atomic E-state index is 12.0. The van der Waals surface area contributed by atoms with E-state index in [0.717, 1.165) is 17.8 Å². The molecule has 20 heavy (non-hydrogen) atoms. The minimum Gasteiger partial charge on any atom is -0.266 e. The van der Waals surface area contributed by atoms with E-state index in [-0.39, 0.29) is 16.6 Å². The molecule has 0 atom stereocenters. The van der Waals surface area contributed by atoms with Crippen LogP contribution in [0, 0.1) is 0 Å². The summed E-state index contributed by atoms with van der Waals surface area (Å²) < 4.78 is 2.99. The van der Waals surface area contributed by atoms with Gasteiger partial charge in [-0.1, -0.05) is 41.7 Å². The second-order valence-corrected chi connectivity index (χ2v) is 5.31. The van der Waals surface area contributed by atoms with Gasteiger partial charge < -0.3 is 0 Å². The van der Waals surface area contributed by atoms with E-state index >= 15 is 0 Å². The van der Waals surface area contributed by atoms with E-state index < -0.39 is 5.56 Å². The first kappa shape index (κ1) is 15.4. The molecule has 0 bridgehead atoms. The number of aromatic nitrogens is 4. The molecule has 108 valence electrons. The van der Waals surface area contributed by atoms with Crippen molar-refractivity contribution in [2.75, 3.05) is 0 Å². The van der Waals surface area contributed by atoms with Crippen LogP contribution in [0.1, 0.15) is 25.2 Å². The largest absolute Gasteiger partial charge is 0.287 e. The van der Waals surface area contributed by atoms with Gasteiger partial charge in [0, 0.05) is 6.54 Å². The van der Waals surface area contributed by atoms with Crippen molar-refractivity contribution in [3.8, 4) is 0 Å². The van der Waals surface area contributed by atoms with Gasteiger partial charge in [-0.3, -0.25) is 9.48 Å². The zero-order valence-corrected chi connectivity index (χ0v) is 13.3. The van der Waals surface area contributed by atoms with Gasteiger partial charge in [-0.15, -0.1) is 0 Å². The smallest absolute Gasteiger partial charge is 0.266 e. The van der Waals surface area contributed by atoms with E-state index in [9.17, 15) is 4.79 Å². The molecular formula is C12H13Cl3N4O. The molecule has 0 amide bonds. The Labute approximate surface area is 131 Å². The maximum Gasteiger partial charge on any atom is 0.287 e. The summed E-state index contributed by atoms with van der Waals surface area (Å²) in [6.45, 7) is 4.79. The van der Waals surface area contributed by atoms with Crippen molar-refractivity contribution in [3.05, 3.63) is 43.0 Å². The fourth-order valence-electron chi connectivity index (χ4n) is 1.87. The average Bonchev–Trinajstić information content (AvgIpc) is 2.75. The van der Waals surface area contributed by atoms with Crippen LogP contribution >= 0.6 is 34.8 Å². The van der Waals surface area contributed by atoms with E-state index in [1.807, 2.05) is 13.8 Å². The third-order valence-electron chi connectivity index (χ3n) is 2.94. The van der Waals surface area contributed by atoms with Crippen LogP contribution in [0.2, 0.25) is 15.1 Å². The second-order valence-electron chi connectivity index (χ2n) is 4.15. The molecule has 0 aliphatic rings. The van der Waals surface area contributed by atoms with Gasteiger partial charge in [-0.2, -0.15) is 10.2 Å². The van der Waals surface area contributed by atoms with E-state index in [0.29, 0.717) is 11.6 Å². The van der Waals surface area contributed by atoms with Gasteiger partial charge in [0.25, 0.3) is 5.56 Å². The van der Waals surface area contributed by atoms with E-state index in [1.54, 1.807) is 4.68 Å². The van der Waals surface area contributed by atoms with Crippen molar-refractivity contribution in [2.24, 2.45) is 0 Å². The monoisotopic (exact) mass is 334 g/mol. The van der Waals surface area contributed by atoms with Gasteiger partial charge >= 0.3 is 0 Å². The molecule has 0 unspecified atom stereocenters. The molecule has 0 saturated carbocycles. The number of rotatable bonds is 4. The Morgan fingerprint density at radius 2 is 1.85 bits per heavy atom. The topological polar surface area (TPSA) is 52.7 Å². The number of hydrogen-bond acceptors (Lipinski definition) is 3. The SMILES string of the molecule is CCc1nn(CC)c(Cn2ncc(Cl)c(Cl)c2=O)c1Cl. The molecule has 2 rings (SSSR count). The minimum absolute atomic E-state index is 0.0453. The van der Waals surface area contributed by atoms with Crippen molar-refractivity contribution >= 4 is 34.8 Å². The first-order chi connectivity index (χ1) is 9.49. The molecule has 0 saturated heterocycles. The minimum atomic E-state index is -0.447. The van der Waals surface area contributed by atoms with Crippen LogP contribution in [0.15, 0.2) is 11.0 Å². The van der Waals surface area contributed by atoms with Crippen LogP contribution in [0.25, 0.3) is 0 Å². The standard InChI is InChI=1S/C12H13Cl3N4O/c1-3-8-11(15)9(18(4-2)17-8)6-19-12(20)10(14)7(13)5-16-19/h5H,3-4,6H2,1-2H3. The molecule has 0 spiro atoms. The lowest BCUT2D eigenvalue weighted by Crippen LogP contribution is -2.25. The zero-order valence-electron chi connectivity index (χ0n) is 11.0. The van der Waals surface area contributed by atoms with Gasteiger partial charge in [0.1, 0.15) is 5.02 Å². The van der Waals surface area contributed by atoms with E-state index in [1.165, 1.54) is 10.9 Å². The predicted octanol–water partition coefficient (Wildman–Crippen LogP) is 3.03. The normalized spacial score (nSPS) is 11.1. The lowest BCUT2D eigenvalue weighted by Gasteiger charge is -2.08. The van der Waals surface area contributed by atoms with Gasteiger partial charge in [0.2, 0.25) is 0 Å². The van der Waals surface area contributed by atoms with Gasteiger partial charge in [-0.05, 0) is 13.3 Å². The average molecular weight is 336 g/mol. The summed E-state index contributed by atoms with van der Waals surface area (Å²) in [6.07, 6.45) is 2.06. The summed E-state index contributed by atoms with van der Waals surface area (Å²) >= 11 is 17.9. The summed E-state index contributed by atoms with van der Waals surface area (Å²) in [4.78, 5) is 12.0. The van der Waals surface area contributed by atoms with Crippen LogP contribution in [-0.2, 0) is 19.5 Å². The molecule has 5 nitrogen and oxygen atoms in total. The van der Waals surface area contributed by atoms with Crippen LogP contribution in [0.4, 0.5) is 0 Å². The van der Waals surface area contributed by atoms with Crippen molar-refractivity contribution in [1.82, 2.24) is 19.6 Å². The fourth-order valence-corrected chi connectivity index (χ4v) is 2.47. The highest BCUT2D eigenvalue weighted by Gasteiger charge is 2.16. The first-order valence-corrected chi connectivity index (χ1v) is 7.28. The van der Waals surface area contributed by atoms with E-state index in [2.05, 4.69) is 10.2 Å². The summed E-state index contributed by atoms with van der Waals surface area (Å²) in [7, 11) is 0. The lowest BCUT2D eigenvalue weighted by molar-refractivity contribution is 0.558. The highest BCUT2D eigenvalue weighted by atomic mass is 35.5. The Morgan fingerprint density at radius 3 is 2.45 bits per heavy atom. The molecule has 2 heterocycles. The number of hydrogen-bond donors (Lipinski definition) is 0. The molecule has 0 radical (unpaired) electrons. The summed E-state index contributed by atoms with van der Waals surface area (Å²) in [5.74, 6) is 0. The molecular weight excluding hydrogens is 323 g/mol. The Hall–Kier alpha value is -1.04. The van der Waals surface area contributed by atoms with Crippen molar-refractivity contribution in [3.63, 3.8) is 0 Å². The quantitative estimate of drug-likeness (QED) is 0.863. The molecule has 0 aliphatic heterocycles. The summed E-state index contributed by atoms with van der Waals surface area (Å²) in [6, 6.07) is 0. The molecule has 2 aromatic rings. The van der Waals surface area contributed by atoms with Gasteiger partial charge in [0.05, 0.1) is 34.2 Å². The van der Waals surface area contributed by atoms with Crippen molar-refractivity contribution < 1.29 is 0 Å². The van der Waals surface area contributed by atoms with Crippen LogP contribution in [0.5, 0.6) is 0 Å². The van der Waals surface area contributed by atoms with Crippen LogP contribution in [-0.4, -0.2) is 19.6 Å². The molecule has 0 aliphatic carbocycles. The lowest BCUT2D eigenvalue weighted by atomic mass is 10.3. The molecule has 0 N–H and O–H groups in total.